The van der Waals surface area contributed by atoms with Gasteiger partial charge in [-0.1, -0.05) is 11.6 Å². The number of amides is 1. The summed E-state index contributed by atoms with van der Waals surface area (Å²) in [7, 11) is 3.41. The summed E-state index contributed by atoms with van der Waals surface area (Å²) >= 11 is 5.96. The van der Waals surface area contributed by atoms with Crippen LogP contribution in [0.1, 0.15) is 16.1 Å². The van der Waals surface area contributed by atoms with E-state index >= 15 is 0 Å². The lowest BCUT2D eigenvalue weighted by Crippen LogP contribution is -2.22. The molecule has 1 aromatic carbocycles. The molecule has 0 aliphatic carbocycles. The Morgan fingerprint density at radius 1 is 1.47 bits per heavy atom. The van der Waals surface area contributed by atoms with Gasteiger partial charge >= 0.3 is 0 Å². The molecule has 0 saturated carbocycles. The summed E-state index contributed by atoms with van der Waals surface area (Å²) in [6.07, 6.45) is 2.98. The van der Waals surface area contributed by atoms with Crippen LogP contribution in [0.4, 0.5) is 5.69 Å². The molecule has 1 N–H and O–H groups in total. The lowest BCUT2D eigenvalue weighted by molar-refractivity contribution is 0.0828. The van der Waals surface area contributed by atoms with Crippen molar-refractivity contribution in [1.82, 2.24) is 9.88 Å². The third kappa shape index (κ3) is 3.26. The molecule has 0 aliphatic heterocycles. The number of carbonyl (C=O) groups is 1. The maximum Gasteiger partial charge on any atom is 0.255 e. The second-order valence-corrected chi connectivity index (χ2v) is 4.65. The van der Waals surface area contributed by atoms with Crippen molar-refractivity contribution in [2.24, 2.45) is 0 Å². The molecule has 0 unspecified atom stereocenters. The molecule has 2 aromatic rings. The van der Waals surface area contributed by atoms with Crippen LogP contribution in [0.15, 0.2) is 35.2 Å². The first-order valence-corrected chi connectivity index (χ1v) is 6.08. The molecule has 2 rings (SSSR count). The summed E-state index contributed by atoms with van der Waals surface area (Å²) in [6.45, 7) is 0.439. The number of oxazole rings is 1. The van der Waals surface area contributed by atoms with Gasteiger partial charge in [0.1, 0.15) is 5.76 Å². The predicted octanol–water partition coefficient (Wildman–Crippen LogP) is 2.64. The van der Waals surface area contributed by atoms with Crippen LogP contribution in [0.3, 0.4) is 0 Å². The summed E-state index contributed by atoms with van der Waals surface area (Å²) < 4.78 is 5.13. The van der Waals surface area contributed by atoms with Gasteiger partial charge in [0.05, 0.1) is 18.3 Å². The SMILES string of the molecule is CN(C)C(=O)c1ccc(Cl)cc1NCc1cnco1. The Balaban J connectivity index is 2.22. The Kier molecular flexibility index (Phi) is 4.06. The van der Waals surface area contributed by atoms with Crippen LogP contribution >= 0.6 is 11.6 Å². The van der Waals surface area contributed by atoms with Crippen molar-refractivity contribution in [3.05, 3.63) is 47.1 Å². The van der Waals surface area contributed by atoms with Crippen LogP contribution in [-0.4, -0.2) is 29.9 Å². The lowest BCUT2D eigenvalue weighted by atomic mass is 10.1. The van der Waals surface area contributed by atoms with Crippen LogP contribution in [0.25, 0.3) is 0 Å². The smallest absolute Gasteiger partial charge is 0.255 e. The molecular weight excluding hydrogens is 266 g/mol. The zero-order valence-corrected chi connectivity index (χ0v) is 11.4. The van der Waals surface area contributed by atoms with E-state index in [1.165, 1.54) is 11.3 Å². The molecule has 0 saturated heterocycles. The highest BCUT2D eigenvalue weighted by Crippen LogP contribution is 2.22. The number of hydrogen-bond donors (Lipinski definition) is 1. The van der Waals surface area contributed by atoms with Gasteiger partial charge in [0, 0.05) is 24.8 Å². The summed E-state index contributed by atoms with van der Waals surface area (Å²) in [5, 5.41) is 3.69. The van der Waals surface area contributed by atoms with E-state index < -0.39 is 0 Å². The minimum atomic E-state index is -0.0864. The largest absolute Gasteiger partial charge is 0.447 e. The molecule has 0 radical (unpaired) electrons. The molecular formula is C13H14ClN3O2. The van der Waals surface area contributed by atoms with Crippen molar-refractivity contribution in [3.8, 4) is 0 Å². The van der Waals surface area contributed by atoms with Crippen molar-refractivity contribution in [1.29, 1.82) is 0 Å². The third-order valence-electron chi connectivity index (χ3n) is 2.55. The fourth-order valence-corrected chi connectivity index (χ4v) is 1.77. The molecule has 1 amide bonds. The van der Waals surface area contributed by atoms with E-state index in [1.807, 2.05) is 0 Å². The highest BCUT2D eigenvalue weighted by molar-refractivity contribution is 6.31. The van der Waals surface area contributed by atoms with Crippen molar-refractivity contribution in [2.45, 2.75) is 6.54 Å². The van der Waals surface area contributed by atoms with Gasteiger partial charge in [-0.2, -0.15) is 0 Å². The number of nitrogens with zero attached hydrogens (tertiary/aromatic N) is 2. The predicted molar refractivity (Wildman–Crippen MR) is 73.3 cm³/mol. The van der Waals surface area contributed by atoms with Gasteiger partial charge in [0.15, 0.2) is 6.39 Å². The molecule has 19 heavy (non-hydrogen) atoms. The second-order valence-electron chi connectivity index (χ2n) is 4.21. The Morgan fingerprint density at radius 3 is 2.89 bits per heavy atom. The van der Waals surface area contributed by atoms with E-state index in [-0.39, 0.29) is 5.91 Å². The third-order valence-corrected chi connectivity index (χ3v) is 2.79. The fraction of sp³-hybridized carbons (Fsp3) is 0.231. The van der Waals surface area contributed by atoms with Crippen LogP contribution in [0, 0.1) is 0 Å². The van der Waals surface area contributed by atoms with Crippen molar-refractivity contribution in [2.75, 3.05) is 19.4 Å². The number of benzene rings is 1. The molecule has 0 atom stereocenters. The second kappa shape index (κ2) is 5.75. The summed E-state index contributed by atoms with van der Waals surface area (Å²) in [6, 6.07) is 5.11. The van der Waals surface area contributed by atoms with E-state index in [0.717, 1.165) is 0 Å². The first-order chi connectivity index (χ1) is 9.08. The van der Waals surface area contributed by atoms with Crippen molar-refractivity contribution >= 4 is 23.2 Å². The number of anilines is 1. The number of aromatic nitrogens is 1. The number of rotatable bonds is 4. The molecule has 0 fully saturated rings. The minimum Gasteiger partial charge on any atom is -0.447 e. The van der Waals surface area contributed by atoms with Crippen molar-refractivity contribution < 1.29 is 9.21 Å². The van der Waals surface area contributed by atoms with Gasteiger partial charge in [-0.05, 0) is 18.2 Å². The minimum absolute atomic E-state index is 0.0864. The highest BCUT2D eigenvalue weighted by Gasteiger charge is 2.13. The van der Waals surface area contributed by atoms with E-state index in [2.05, 4.69) is 10.3 Å². The molecule has 1 heterocycles. The van der Waals surface area contributed by atoms with Gasteiger partial charge in [0.25, 0.3) is 5.91 Å². The summed E-state index contributed by atoms with van der Waals surface area (Å²) in [4.78, 5) is 17.4. The van der Waals surface area contributed by atoms with Gasteiger partial charge < -0.3 is 14.6 Å². The maximum absolute atomic E-state index is 12.0. The first-order valence-electron chi connectivity index (χ1n) is 5.70. The highest BCUT2D eigenvalue weighted by atomic mass is 35.5. The van der Waals surface area contributed by atoms with Gasteiger partial charge in [0.2, 0.25) is 0 Å². The summed E-state index contributed by atoms with van der Waals surface area (Å²) in [5.41, 5.74) is 1.23. The first kappa shape index (κ1) is 13.4. The standard InChI is InChI=1S/C13H14ClN3O2/c1-17(2)13(18)11-4-3-9(14)5-12(11)16-7-10-6-15-8-19-10/h3-6,8,16H,7H2,1-2H3. The topological polar surface area (TPSA) is 58.4 Å². The average Bonchev–Trinajstić information content (AvgIpc) is 2.88. The number of halogens is 1. The number of carbonyl (C=O) groups excluding carboxylic acids is 1. The Hall–Kier alpha value is -2.01. The molecule has 0 aliphatic rings. The molecule has 0 spiro atoms. The van der Waals surface area contributed by atoms with E-state index in [4.69, 9.17) is 16.0 Å². The monoisotopic (exact) mass is 279 g/mol. The van der Waals surface area contributed by atoms with Crippen LogP contribution in [-0.2, 0) is 6.54 Å². The number of nitrogens with one attached hydrogen (secondary N) is 1. The van der Waals surface area contributed by atoms with E-state index in [0.29, 0.717) is 28.6 Å². The Bertz CT molecular complexity index is 567. The fourth-order valence-electron chi connectivity index (χ4n) is 1.60. The van der Waals surface area contributed by atoms with Gasteiger partial charge in [-0.3, -0.25) is 4.79 Å². The van der Waals surface area contributed by atoms with Crippen LogP contribution < -0.4 is 5.32 Å². The maximum atomic E-state index is 12.0. The zero-order valence-electron chi connectivity index (χ0n) is 10.7. The lowest BCUT2D eigenvalue weighted by Gasteiger charge is -2.15. The molecule has 6 heteroatoms. The van der Waals surface area contributed by atoms with Crippen LogP contribution in [0.2, 0.25) is 5.02 Å². The molecule has 100 valence electrons. The van der Waals surface area contributed by atoms with Gasteiger partial charge in [-0.25, -0.2) is 4.98 Å². The summed E-state index contributed by atoms with van der Waals surface area (Å²) in [5.74, 6) is 0.597. The molecule has 0 bridgehead atoms. The molecule has 1 aromatic heterocycles. The molecule has 5 nitrogen and oxygen atoms in total. The van der Waals surface area contributed by atoms with Crippen LogP contribution in [0.5, 0.6) is 0 Å². The normalized spacial score (nSPS) is 10.3. The Morgan fingerprint density at radius 2 is 2.26 bits per heavy atom. The Labute approximate surface area is 116 Å². The van der Waals surface area contributed by atoms with Gasteiger partial charge in [-0.15, -0.1) is 0 Å². The quantitative estimate of drug-likeness (QED) is 0.935. The zero-order chi connectivity index (χ0) is 13.8. The number of hydrogen-bond acceptors (Lipinski definition) is 4. The van der Waals surface area contributed by atoms with Crippen molar-refractivity contribution in [3.63, 3.8) is 0 Å². The van der Waals surface area contributed by atoms with E-state index in [1.54, 1.807) is 38.5 Å². The van der Waals surface area contributed by atoms with E-state index in [9.17, 15) is 4.79 Å². The average molecular weight is 280 g/mol.